The number of carboxylic acids is 1. The first-order valence-electron chi connectivity index (χ1n) is 9.49. The van der Waals surface area contributed by atoms with E-state index < -0.39 is 15.8 Å². The fourth-order valence-corrected chi connectivity index (χ4v) is 4.31. The van der Waals surface area contributed by atoms with Crippen LogP contribution in [0.3, 0.4) is 0 Å². The van der Waals surface area contributed by atoms with Crippen LogP contribution in [0.15, 0.2) is 46.8 Å². The van der Waals surface area contributed by atoms with Crippen molar-refractivity contribution in [2.24, 2.45) is 0 Å². The summed E-state index contributed by atoms with van der Waals surface area (Å²) in [5, 5.41) is 13.5. The van der Waals surface area contributed by atoms with Crippen LogP contribution in [0, 0.1) is 0 Å². The molecule has 0 saturated carbocycles. The molecule has 0 aliphatic carbocycles. The third kappa shape index (κ3) is 5.80. The molecule has 0 aliphatic heterocycles. The fraction of sp³-hybridized carbons (Fsp3) is 0.286. The second-order valence-corrected chi connectivity index (χ2v) is 10.4. The van der Waals surface area contributed by atoms with Crippen molar-refractivity contribution in [1.29, 1.82) is 0 Å². The predicted octanol–water partition coefficient (Wildman–Crippen LogP) is 3.40. The normalized spacial score (nSPS) is 11.6. The van der Waals surface area contributed by atoms with E-state index in [0.29, 0.717) is 23.1 Å². The standard InChI is InChI=1S/C21H23N3O5S2/c1-13(2)15-8-18(20(27)23-21-22-16(12-30-21)9-19(25)26)24(11-15)10-14-4-6-17(7-5-14)31(3,28)29/h4-8,11-13H,9-10H2,1-3H3,(H,25,26)(H,22,23,27). The molecule has 0 fully saturated rings. The van der Waals surface area contributed by atoms with Crippen LogP contribution < -0.4 is 5.32 Å². The number of amides is 1. The maximum atomic E-state index is 12.9. The van der Waals surface area contributed by atoms with Crippen LogP contribution in [0.5, 0.6) is 0 Å². The van der Waals surface area contributed by atoms with Crippen LogP contribution in [0.1, 0.15) is 47.1 Å². The van der Waals surface area contributed by atoms with Crippen LogP contribution in [-0.2, 0) is 27.6 Å². The molecule has 0 atom stereocenters. The summed E-state index contributed by atoms with van der Waals surface area (Å²) in [5.74, 6) is -1.13. The first kappa shape index (κ1) is 22.7. The van der Waals surface area contributed by atoms with Gasteiger partial charge in [0.15, 0.2) is 15.0 Å². The molecular weight excluding hydrogens is 438 g/mol. The summed E-state index contributed by atoms with van der Waals surface area (Å²) in [6.07, 6.45) is 2.86. The number of nitrogens with one attached hydrogen (secondary N) is 1. The molecule has 3 aromatic rings. The number of hydrogen-bond donors (Lipinski definition) is 2. The second-order valence-electron chi connectivity index (χ2n) is 7.53. The lowest BCUT2D eigenvalue weighted by molar-refractivity contribution is -0.136. The van der Waals surface area contributed by atoms with Gasteiger partial charge >= 0.3 is 5.97 Å². The highest BCUT2D eigenvalue weighted by molar-refractivity contribution is 7.90. The highest BCUT2D eigenvalue weighted by atomic mass is 32.2. The van der Waals surface area contributed by atoms with Gasteiger partial charge < -0.3 is 9.67 Å². The van der Waals surface area contributed by atoms with Crippen molar-refractivity contribution in [3.05, 3.63) is 64.4 Å². The number of benzene rings is 1. The first-order valence-corrected chi connectivity index (χ1v) is 12.3. The Morgan fingerprint density at radius 2 is 1.90 bits per heavy atom. The number of nitrogens with zero attached hydrogens (tertiary/aromatic N) is 2. The zero-order valence-corrected chi connectivity index (χ0v) is 19.0. The van der Waals surface area contributed by atoms with Crippen molar-refractivity contribution in [3.8, 4) is 0 Å². The van der Waals surface area contributed by atoms with E-state index in [1.54, 1.807) is 29.6 Å². The summed E-state index contributed by atoms with van der Waals surface area (Å²) in [7, 11) is -3.27. The van der Waals surface area contributed by atoms with E-state index in [0.717, 1.165) is 17.4 Å². The Hall–Kier alpha value is -2.98. The summed E-state index contributed by atoms with van der Waals surface area (Å²) >= 11 is 1.17. The first-order chi connectivity index (χ1) is 14.5. The van der Waals surface area contributed by atoms with Gasteiger partial charge in [-0.1, -0.05) is 26.0 Å². The molecule has 1 aromatic carbocycles. The number of carbonyl (C=O) groups excluding carboxylic acids is 1. The van der Waals surface area contributed by atoms with Gasteiger partial charge in [0, 0.05) is 24.4 Å². The van der Waals surface area contributed by atoms with Crippen molar-refractivity contribution < 1.29 is 23.1 Å². The molecule has 10 heteroatoms. The molecule has 0 bridgehead atoms. The van der Waals surface area contributed by atoms with Gasteiger partial charge in [-0.05, 0) is 35.2 Å². The van der Waals surface area contributed by atoms with Gasteiger partial charge in [-0.3, -0.25) is 14.9 Å². The van der Waals surface area contributed by atoms with E-state index in [9.17, 15) is 18.0 Å². The largest absolute Gasteiger partial charge is 0.481 e. The van der Waals surface area contributed by atoms with Crippen molar-refractivity contribution >= 4 is 38.2 Å². The van der Waals surface area contributed by atoms with Crippen molar-refractivity contribution in [2.45, 2.75) is 37.6 Å². The van der Waals surface area contributed by atoms with Crippen LogP contribution in [0.2, 0.25) is 0 Å². The van der Waals surface area contributed by atoms with Crippen LogP contribution in [0.25, 0.3) is 0 Å². The monoisotopic (exact) mass is 461 g/mol. The fourth-order valence-electron chi connectivity index (χ4n) is 2.97. The Balaban J connectivity index is 1.84. The second kappa shape index (κ2) is 9.03. The van der Waals surface area contributed by atoms with E-state index in [1.807, 2.05) is 30.7 Å². The lowest BCUT2D eigenvalue weighted by Gasteiger charge is -2.09. The van der Waals surface area contributed by atoms with E-state index in [4.69, 9.17) is 5.11 Å². The van der Waals surface area contributed by atoms with Gasteiger partial charge in [0.1, 0.15) is 5.69 Å². The zero-order chi connectivity index (χ0) is 22.8. The van der Waals surface area contributed by atoms with Crippen LogP contribution in [-0.4, -0.2) is 41.2 Å². The van der Waals surface area contributed by atoms with E-state index in [2.05, 4.69) is 10.3 Å². The maximum Gasteiger partial charge on any atom is 0.309 e. The zero-order valence-electron chi connectivity index (χ0n) is 17.3. The average Bonchev–Trinajstić information content (AvgIpc) is 3.28. The summed E-state index contributed by atoms with van der Waals surface area (Å²) in [6.45, 7) is 4.45. The van der Waals surface area contributed by atoms with E-state index >= 15 is 0 Å². The van der Waals surface area contributed by atoms with E-state index in [1.165, 1.54) is 11.3 Å². The lowest BCUT2D eigenvalue weighted by Crippen LogP contribution is -2.17. The molecule has 8 nitrogen and oxygen atoms in total. The number of carboxylic acid groups (broad SMARTS) is 1. The predicted molar refractivity (Wildman–Crippen MR) is 119 cm³/mol. The Morgan fingerprint density at radius 3 is 2.48 bits per heavy atom. The Bertz CT molecular complexity index is 1210. The van der Waals surface area contributed by atoms with Gasteiger partial charge in [-0.2, -0.15) is 0 Å². The maximum absolute atomic E-state index is 12.9. The summed E-state index contributed by atoms with van der Waals surface area (Å²) in [6, 6.07) is 8.38. The molecule has 2 N–H and O–H groups in total. The number of aromatic nitrogens is 2. The van der Waals surface area contributed by atoms with Gasteiger partial charge in [0.2, 0.25) is 0 Å². The van der Waals surface area contributed by atoms with Crippen molar-refractivity contribution in [2.75, 3.05) is 11.6 Å². The third-order valence-electron chi connectivity index (χ3n) is 4.63. The molecule has 0 radical (unpaired) electrons. The molecule has 2 heterocycles. The van der Waals surface area contributed by atoms with Gasteiger partial charge in [-0.25, -0.2) is 13.4 Å². The minimum atomic E-state index is -3.27. The number of anilines is 1. The van der Waals surface area contributed by atoms with Crippen molar-refractivity contribution in [3.63, 3.8) is 0 Å². The Labute approximate surface area is 184 Å². The Morgan fingerprint density at radius 1 is 1.23 bits per heavy atom. The number of hydrogen-bond acceptors (Lipinski definition) is 6. The van der Waals surface area contributed by atoms with Gasteiger partial charge in [-0.15, -0.1) is 11.3 Å². The minimum absolute atomic E-state index is 0.205. The number of carbonyl (C=O) groups is 2. The topological polar surface area (TPSA) is 118 Å². The van der Waals surface area contributed by atoms with Crippen LogP contribution >= 0.6 is 11.3 Å². The molecule has 3 rings (SSSR count). The van der Waals surface area contributed by atoms with Gasteiger partial charge in [0.25, 0.3) is 5.91 Å². The molecule has 2 aromatic heterocycles. The molecule has 0 spiro atoms. The summed E-state index contributed by atoms with van der Waals surface area (Å²) in [4.78, 5) is 28.1. The van der Waals surface area contributed by atoms with Crippen LogP contribution in [0.4, 0.5) is 5.13 Å². The molecule has 164 valence electrons. The number of sulfone groups is 1. The average molecular weight is 462 g/mol. The molecule has 0 aliphatic rings. The highest BCUT2D eigenvalue weighted by Crippen LogP contribution is 2.22. The molecule has 31 heavy (non-hydrogen) atoms. The van der Waals surface area contributed by atoms with E-state index in [-0.39, 0.29) is 23.1 Å². The molecule has 1 amide bonds. The highest BCUT2D eigenvalue weighted by Gasteiger charge is 2.18. The molecule has 0 unspecified atom stereocenters. The number of thiazole rings is 1. The third-order valence-corrected chi connectivity index (χ3v) is 6.56. The number of rotatable bonds is 8. The summed E-state index contributed by atoms with van der Waals surface area (Å²) < 4.78 is 25.1. The SMILES string of the molecule is CC(C)c1cc(C(=O)Nc2nc(CC(=O)O)cs2)n(Cc2ccc(S(C)(=O)=O)cc2)c1. The lowest BCUT2D eigenvalue weighted by atomic mass is 10.1. The smallest absolute Gasteiger partial charge is 0.309 e. The Kier molecular flexibility index (Phi) is 6.61. The minimum Gasteiger partial charge on any atom is -0.481 e. The van der Waals surface area contributed by atoms with Gasteiger partial charge in [0.05, 0.1) is 17.0 Å². The molecule has 0 saturated heterocycles. The summed E-state index contributed by atoms with van der Waals surface area (Å²) in [5.41, 5.74) is 2.66. The molecular formula is C21H23N3O5S2. The number of aliphatic carboxylic acids is 1. The quantitative estimate of drug-likeness (QED) is 0.531. The van der Waals surface area contributed by atoms with Crippen molar-refractivity contribution in [1.82, 2.24) is 9.55 Å².